The lowest BCUT2D eigenvalue weighted by Crippen LogP contribution is -2.37. The fourth-order valence-corrected chi connectivity index (χ4v) is 3.58. The molecule has 4 nitrogen and oxygen atoms in total. The van der Waals surface area contributed by atoms with E-state index in [1.165, 1.54) is 50.3 Å². The van der Waals surface area contributed by atoms with Crippen molar-refractivity contribution in [1.82, 2.24) is 4.90 Å². The standard InChI is InChI=1S/C23H33NO3/c1-4-5-6-7-8-9-11-14-18(2)22-24(19(3)25)21(23(26)27-22)17-20-15-12-10-13-16-20/h10,12-13,15-18,22H,4-9,11,14H2,1-3H3. The fraction of sp³-hybridized carbons (Fsp3) is 0.565. The molecular formula is C23H33NO3. The zero-order chi connectivity index (χ0) is 19.6. The normalized spacial score (nSPS) is 19.4. The van der Waals surface area contributed by atoms with Crippen molar-refractivity contribution >= 4 is 18.0 Å². The van der Waals surface area contributed by atoms with Gasteiger partial charge >= 0.3 is 5.97 Å². The SMILES string of the molecule is CCCCCCCCCC(C)C1OC(=O)C(=Cc2ccccc2)N1C(C)=O. The summed E-state index contributed by atoms with van der Waals surface area (Å²) >= 11 is 0. The molecule has 1 aliphatic rings. The topological polar surface area (TPSA) is 46.6 Å². The van der Waals surface area contributed by atoms with Crippen LogP contribution in [0.25, 0.3) is 6.08 Å². The van der Waals surface area contributed by atoms with E-state index < -0.39 is 12.2 Å². The molecule has 0 aliphatic carbocycles. The van der Waals surface area contributed by atoms with Gasteiger partial charge in [-0.2, -0.15) is 0 Å². The van der Waals surface area contributed by atoms with E-state index in [0.717, 1.165) is 18.4 Å². The molecule has 1 fully saturated rings. The first-order chi connectivity index (χ1) is 13.0. The first kappa shape index (κ1) is 21.2. The van der Waals surface area contributed by atoms with Crippen LogP contribution in [-0.2, 0) is 14.3 Å². The molecule has 2 unspecified atom stereocenters. The number of amides is 1. The number of cyclic esters (lactones) is 1. The quantitative estimate of drug-likeness (QED) is 0.308. The van der Waals surface area contributed by atoms with Crippen LogP contribution < -0.4 is 0 Å². The van der Waals surface area contributed by atoms with Gasteiger partial charge in [-0.15, -0.1) is 0 Å². The summed E-state index contributed by atoms with van der Waals surface area (Å²) in [4.78, 5) is 26.2. The van der Waals surface area contributed by atoms with Gasteiger partial charge in [-0.1, -0.05) is 89.1 Å². The maximum Gasteiger partial charge on any atom is 0.357 e. The highest BCUT2D eigenvalue weighted by atomic mass is 16.6. The van der Waals surface area contributed by atoms with Crippen molar-refractivity contribution in [2.45, 2.75) is 78.4 Å². The van der Waals surface area contributed by atoms with Crippen molar-refractivity contribution in [3.63, 3.8) is 0 Å². The summed E-state index contributed by atoms with van der Waals surface area (Å²) < 4.78 is 5.59. The number of benzene rings is 1. The third kappa shape index (κ3) is 6.23. The molecule has 0 spiro atoms. The lowest BCUT2D eigenvalue weighted by molar-refractivity contribution is -0.146. The van der Waals surface area contributed by atoms with E-state index in [1.54, 1.807) is 6.08 Å². The summed E-state index contributed by atoms with van der Waals surface area (Å²) in [6.07, 6.45) is 11.0. The summed E-state index contributed by atoms with van der Waals surface area (Å²) in [7, 11) is 0. The minimum absolute atomic E-state index is 0.121. The number of ether oxygens (including phenoxy) is 1. The maximum atomic E-state index is 12.4. The van der Waals surface area contributed by atoms with E-state index >= 15 is 0 Å². The summed E-state index contributed by atoms with van der Waals surface area (Å²) in [6.45, 7) is 5.79. The van der Waals surface area contributed by atoms with Crippen LogP contribution in [0.15, 0.2) is 36.0 Å². The van der Waals surface area contributed by atoms with Gasteiger partial charge in [0.25, 0.3) is 0 Å². The van der Waals surface area contributed by atoms with Crippen LogP contribution in [-0.4, -0.2) is 23.0 Å². The summed E-state index contributed by atoms with van der Waals surface area (Å²) in [6, 6.07) is 9.56. The third-order valence-electron chi connectivity index (χ3n) is 5.14. The zero-order valence-corrected chi connectivity index (χ0v) is 16.9. The molecule has 2 atom stereocenters. The zero-order valence-electron chi connectivity index (χ0n) is 16.9. The number of hydrogen-bond acceptors (Lipinski definition) is 3. The van der Waals surface area contributed by atoms with E-state index in [4.69, 9.17) is 4.74 Å². The predicted molar refractivity (Wildman–Crippen MR) is 109 cm³/mol. The molecule has 1 saturated heterocycles. The third-order valence-corrected chi connectivity index (χ3v) is 5.14. The van der Waals surface area contributed by atoms with E-state index in [1.807, 2.05) is 30.3 Å². The van der Waals surface area contributed by atoms with Gasteiger partial charge in [0.2, 0.25) is 5.91 Å². The highest BCUT2D eigenvalue weighted by molar-refractivity contribution is 6.00. The molecule has 0 aromatic heterocycles. The number of unbranched alkanes of at least 4 members (excludes halogenated alkanes) is 6. The lowest BCUT2D eigenvalue weighted by atomic mass is 9.99. The number of esters is 1. The Balaban J connectivity index is 1.95. The Labute approximate surface area is 163 Å². The molecule has 1 aliphatic heterocycles. The Morgan fingerprint density at radius 1 is 1.11 bits per heavy atom. The highest BCUT2D eigenvalue weighted by Crippen LogP contribution is 2.31. The van der Waals surface area contributed by atoms with Crippen molar-refractivity contribution < 1.29 is 14.3 Å². The minimum atomic E-state index is -0.495. The Hall–Kier alpha value is -2.10. The van der Waals surface area contributed by atoms with E-state index in [0.29, 0.717) is 5.70 Å². The van der Waals surface area contributed by atoms with Gasteiger partial charge in [0.15, 0.2) is 6.23 Å². The molecule has 2 rings (SSSR count). The molecule has 1 amide bonds. The molecular weight excluding hydrogens is 338 g/mol. The number of nitrogens with zero attached hydrogens (tertiary/aromatic N) is 1. The van der Waals surface area contributed by atoms with Crippen LogP contribution in [0.4, 0.5) is 0 Å². The van der Waals surface area contributed by atoms with Gasteiger partial charge in [0.05, 0.1) is 0 Å². The van der Waals surface area contributed by atoms with Crippen molar-refractivity contribution in [3.05, 3.63) is 41.6 Å². The van der Waals surface area contributed by atoms with Crippen molar-refractivity contribution in [3.8, 4) is 0 Å². The Morgan fingerprint density at radius 2 is 1.74 bits per heavy atom. The van der Waals surface area contributed by atoms with Crippen LogP contribution in [0.1, 0.15) is 77.7 Å². The number of carbonyl (C=O) groups is 2. The first-order valence-electron chi connectivity index (χ1n) is 10.3. The molecule has 4 heteroatoms. The van der Waals surface area contributed by atoms with Crippen LogP contribution in [0, 0.1) is 5.92 Å². The molecule has 1 aromatic rings. The molecule has 0 radical (unpaired) electrons. The van der Waals surface area contributed by atoms with E-state index in [9.17, 15) is 9.59 Å². The molecule has 148 valence electrons. The Kier molecular flexibility index (Phi) is 8.56. The van der Waals surface area contributed by atoms with Gasteiger partial charge in [0, 0.05) is 12.8 Å². The van der Waals surface area contributed by atoms with E-state index in [-0.39, 0.29) is 11.8 Å². The maximum absolute atomic E-state index is 12.4. The number of rotatable bonds is 10. The highest BCUT2D eigenvalue weighted by Gasteiger charge is 2.41. The summed E-state index contributed by atoms with van der Waals surface area (Å²) in [5.41, 5.74) is 1.22. The van der Waals surface area contributed by atoms with Gasteiger partial charge in [-0.05, 0) is 18.1 Å². The molecule has 1 heterocycles. The van der Waals surface area contributed by atoms with E-state index in [2.05, 4.69) is 13.8 Å². The fourth-order valence-electron chi connectivity index (χ4n) is 3.58. The number of carbonyl (C=O) groups excluding carboxylic acids is 2. The molecule has 0 bridgehead atoms. The monoisotopic (exact) mass is 371 g/mol. The summed E-state index contributed by atoms with van der Waals surface area (Å²) in [5.74, 6) is -0.444. The van der Waals surface area contributed by atoms with Gasteiger partial charge < -0.3 is 4.74 Å². The summed E-state index contributed by atoms with van der Waals surface area (Å²) in [5, 5.41) is 0. The van der Waals surface area contributed by atoms with Crippen LogP contribution in [0.2, 0.25) is 0 Å². The van der Waals surface area contributed by atoms with Gasteiger partial charge in [-0.25, -0.2) is 4.79 Å². The minimum Gasteiger partial charge on any atom is -0.436 e. The Morgan fingerprint density at radius 3 is 2.37 bits per heavy atom. The largest absolute Gasteiger partial charge is 0.436 e. The van der Waals surface area contributed by atoms with Gasteiger partial charge in [-0.3, -0.25) is 9.69 Å². The second kappa shape index (κ2) is 10.9. The Bertz CT molecular complexity index is 638. The van der Waals surface area contributed by atoms with Crippen molar-refractivity contribution in [1.29, 1.82) is 0 Å². The molecule has 0 N–H and O–H groups in total. The van der Waals surface area contributed by atoms with Gasteiger partial charge in [0.1, 0.15) is 5.70 Å². The number of hydrogen-bond donors (Lipinski definition) is 0. The van der Waals surface area contributed by atoms with Crippen molar-refractivity contribution in [2.24, 2.45) is 5.92 Å². The second-order valence-electron chi connectivity index (χ2n) is 7.51. The second-order valence-corrected chi connectivity index (χ2v) is 7.51. The molecule has 1 aromatic carbocycles. The predicted octanol–water partition coefficient (Wildman–Crippen LogP) is 5.54. The first-order valence-corrected chi connectivity index (χ1v) is 10.3. The van der Waals surface area contributed by atoms with Crippen LogP contribution in [0.5, 0.6) is 0 Å². The lowest BCUT2D eigenvalue weighted by Gasteiger charge is -2.26. The van der Waals surface area contributed by atoms with Crippen LogP contribution in [0.3, 0.4) is 0 Å². The van der Waals surface area contributed by atoms with Crippen molar-refractivity contribution in [2.75, 3.05) is 0 Å². The van der Waals surface area contributed by atoms with Crippen LogP contribution >= 0.6 is 0 Å². The average molecular weight is 372 g/mol. The average Bonchev–Trinajstić information content (AvgIpc) is 2.98. The molecule has 0 saturated carbocycles. The molecule has 27 heavy (non-hydrogen) atoms. The smallest absolute Gasteiger partial charge is 0.357 e.